The first-order chi connectivity index (χ1) is 8.23. The first-order valence-electron chi connectivity index (χ1n) is 4.49. The van der Waals surface area contributed by atoms with Gasteiger partial charge in [0.25, 0.3) is 0 Å². The maximum atomic E-state index is 10.6. The molecule has 1 aromatic rings. The highest BCUT2D eigenvalue weighted by Crippen LogP contribution is 2.13. The quantitative estimate of drug-likeness (QED) is 0.869. The van der Waals surface area contributed by atoms with E-state index in [0.717, 1.165) is 5.75 Å². The molecule has 1 aromatic carbocycles. The Bertz CT molecular complexity index is 355. The minimum atomic E-state index is -5.08. The van der Waals surface area contributed by atoms with Crippen molar-refractivity contribution in [3.05, 3.63) is 30.3 Å². The highest BCUT2D eigenvalue weighted by molar-refractivity contribution is 6.44. The van der Waals surface area contributed by atoms with E-state index in [0.29, 0.717) is 6.61 Å². The van der Waals surface area contributed by atoms with Gasteiger partial charge in [0.2, 0.25) is 0 Å². The van der Waals surface area contributed by atoms with Gasteiger partial charge in [-0.15, -0.1) is 23.2 Å². The van der Waals surface area contributed by atoms with Crippen molar-refractivity contribution in [2.45, 2.75) is 11.0 Å². The third-order valence-corrected chi connectivity index (χ3v) is 1.61. The van der Waals surface area contributed by atoms with E-state index in [2.05, 4.69) is 0 Å². The van der Waals surface area contributed by atoms with Gasteiger partial charge in [-0.1, -0.05) is 18.2 Å². The minimum Gasteiger partial charge on any atom is -0.491 e. The van der Waals surface area contributed by atoms with Gasteiger partial charge in [-0.2, -0.15) is 13.2 Å². The van der Waals surface area contributed by atoms with Crippen LogP contribution >= 0.6 is 23.2 Å². The standard InChI is InChI=1S/C8H8Cl2O.C2HF3O2/c9-8(10)6-11-7-4-2-1-3-5-7;3-2(4,5)1(6)7/h1-5,8H,6H2;(H,6,7). The fourth-order valence-electron chi connectivity index (χ4n) is 0.676. The van der Waals surface area contributed by atoms with Crippen LogP contribution in [-0.4, -0.2) is 28.7 Å². The fraction of sp³-hybridized carbons (Fsp3) is 0.300. The summed E-state index contributed by atoms with van der Waals surface area (Å²) in [5.41, 5.74) is 0. The molecule has 0 aliphatic heterocycles. The van der Waals surface area contributed by atoms with Crippen LogP contribution in [0.15, 0.2) is 30.3 Å². The largest absolute Gasteiger partial charge is 0.491 e. The molecule has 0 aliphatic carbocycles. The number of carboxylic acids is 1. The number of halogens is 5. The van der Waals surface area contributed by atoms with Crippen LogP contribution < -0.4 is 4.74 Å². The van der Waals surface area contributed by atoms with E-state index in [1.54, 1.807) is 0 Å². The summed E-state index contributed by atoms with van der Waals surface area (Å²) in [6.07, 6.45) is -5.08. The Morgan fingerprint density at radius 1 is 1.28 bits per heavy atom. The topological polar surface area (TPSA) is 46.5 Å². The number of carbonyl (C=O) groups is 1. The molecule has 0 aromatic heterocycles. The maximum absolute atomic E-state index is 10.6. The summed E-state index contributed by atoms with van der Waals surface area (Å²) in [5, 5.41) is 7.12. The number of para-hydroxylation sites is 1. The van der Waals surface area contributed by atoms with Gasteiger partial charge in [-0.05, 0) is 12.1 Å². The van der Waals surface area contributed by atoms with E-state index in [4.69, 9.17) is 37.8 Å². The van der Waals surface area contributed by atoms with Crippen molar-refractivity contribution in [1.29, 1.82) is 0 Å². The van der Waals surface area contributed by atoms with Gasteiger partial charge < -0.3 is 9.84 Å². The molecule has 0 saturated heterocycles. The molecular formula is C10H9Cl2F3O3. The zero-order chi connectivity index (χ0) is 14.2. The maximum Gasteiger partial charge on any atom is 0.490 e. The Hall–Kier alpha value is -1.14. The number of aliphatic carboxylic acids is 1. The van der Waals surface area contributed by atoms with Crippen molar-refractivity contribution in [2.24, 2.45) is 0 Å². The van der Waals surface area contributed by atoms with Crippen LogP contribution in [-0.2, 0) is 4.79 Å². The van der Waals surface area contributed by atoms with Crippen LogP contribution in [0.2, 0.25) is 0 Å². The lowest BCUT2D eigenvalue weighted by Gasteiger charge is -2.04. The van der Waals surface area contributed by atoms with Crippen LogP contribution in [0.5, 0.6) is 5.75 Å². The minimum absolute atomic E-state index is 0.327. The van der Waals surface area contributed by atoms with Crippen molar-refractivity contribution in [2.75, 3.05) is 6.61 Å². The number of hydrogen-bond donors (Lipinski definition) is 1. The second-order valence-electron chi connectivity index (χ2n) is 2.82. The summed E-state index contributed by atoms with van der Waals surface area (Å²) in [6, 6.07) is 9.43. The molecule has 1 N–H and O–H groups in total. The van der Waals surface area contributed by atoms with Crippen LogP contribution in [0.3, 0.4) is 0 Å². The third-order valence-electron chi connectivity index (χ3n) is 1.36. The van der Waals surface area contributed by atoms with Gasteiger partial charge in [0.1, 0.15) is 17.2 Å². The summed E-state index contributed by atoms with van der Waals surface area (Å²) >= 11 is 10.9. The summed E-state index contributed by atoms with van der Waals surface area (Å²) in [5.74, 6) is -1.97. The van der Waals surface area contributed by atoms with Crippen molar-refractivity contribution in [3.8, 4) is 5.75 Å². The molecule has 18 heavy (non-hydrogen) atoms. The molecule has 1 rings (SSSR count). The normalized spacial score (nSPS) is 10.6. The molecule has 0 aliphatic rings. The molecule has 0 saturated carbocycles. The van der Waals surface area contributed by atoms with Gasteiger partial charge in [0.05, 0.1) is 0 Å². The zero-order valence-electron chi connectivity index (χ0n) is 8.82. The molecule has 0 amide bonds. The van der Waals surface area contributed by atoms with Gasteiger partial charge >= 0.3 is 12.1 Å². The van der Waals surface area contributed by atoms with Gasteiger partial charge in [-0.3, -0.25) is 0 Å². The Morgan fingerprint density at radius 3 is 2.06 bits per heavy atom. The van der Waals surface area contributed by atoms with Crippen LogP contribution in [0, 0.1) is 0 Å². The number of hydrogen-bond acceptors (Lipinski definition) is 2. The zero-order valence-corrected chi connectivity index (χ0v) is 10.3. The lowest BCUT2D eigenvalue weighted by molar-refractivity contribution is -0.192. The number of carboxylic acid groups (broad SMARTS) is 1. The summed E-state index contributed by atoms with van der Waals surface area (Å²) in [7, 11) is 0. The predicted molar refractivity (Wildman–Crippen MR) is 61.1 cm³/mol. The van der Waals surface area contributed by atoms with E-state index in [1.807, 2.05) is 30.3 Å². The first kappa shape index (κ1) is 16.9. The van der Waals surface area contributed by atoms with Crippen LogP contribution in [0.25, 0.3) is 0 Å². The molecule has 102 valence electrons. The SMILES string of the molecule is ClC(Cl)COc1ccccc1.O=C(O)C(F)(F)F. The highest BCUT2D eigenvalue weighted by Gasteiger charge is 2.38. The van der Waals surface area contributed by atoms with Crippen molar-refractivity contribution >= 4 is 29.2 Å². The second-order valence-corrected chi connectivity index (χ2v) is 4.10. The molecule has 0 atom stereocenters. The molecule has 0 fully saturated rings. The highest BCUT2D eigenvalue weighted by atomic mass is 35.5. The number of alkyl halides is 5. The number of benzene rings is 1. The summed E-state index contributed by atoms with van der Waals surface area (Å²) in [4.78, 5) is 8.43. The summed E-state index contributed by atoms with van der Waals surface area (Å²) < 4.78 is 36.9. The Morgan fingerprint density at radius 2 is 1.72 bits per heavy atom. The van der Waals surface area contributed by atoms with E-state index < -0.39 is 17.0 Å². The Balaban J connectivity index is 0.000000360. The average Bonchev–Trinajstić information content (AvgIpc) is 2.27. The average molecular weight is 305 g/mol. The van der Waals surface area contributed by atoms with Gasteiger partial charge in [0, 0.05) is 0 Å². The number of ether oxygens (including phenoxy) is 1. The molecule has 8 heteroatoms. The fourth-order valence-corrected chi connectivity index (χ4v) is 0.802. The first-order valence-corrected chi connectivity index (χ1v) is 5.37. The van der Waals surface area contributed by atoms with E-state index >= 15 is 0 Å². The van der Waals surface area contributed by atoms with Crippen molar-refractivity contribution in [1.82, 2.24) is 0 Å². The molecular weight excluding hydrogens is 296 g/mol. The Labute approximate surface area is 111 Å². The monoisotopic (exact) mass is 304 g/mol. The van der Waals surface area contributed by atoms with E-state index in [1.165, 1.54) is 0 Å². The molecule has 0 spiro atoms. The smallest absolute Gasteiger partial charge is 0.490 e. The van der Waals surface area contributed by atoms with Crippen molar-refractivity contribution < 1.29 is 27.8 Å². The third kappa shape index (κ3) is 8.95. The second kappa shape index (κ2) is 8.05. The van der Waals surface area contributed by atoms with Gasteiger partial charge in [0.15, 0.2) is 0 Å². The predicted octanol–water partition coefficient (Wildman–Crippen LogP) is 3.50. The lowest BCUT2D eigenvalue weighted by atomic mass is 10.3. The summed E-state index contributed by atoms with van der Waals surface area (Å²) in [6.45, 7) is 0.327. The molecule has 0 bridgehead atoms. The van der Waals surface area contributed by atoms with E-state index in [-0.39, 0.29) is 0 Å². The molecule has 3 nitrogen and oxygen atoms in total. The van der Waals surface area contributed by atoms with E-state index in [9.17, 15) is 13.2 Å². The molecule has 0 radical (unpaired) electrons. The Kier molecular flexibility index (Phi) is 7.54. The molecule has 0 heterocycles. The van der Waals surface area contributed by atoms with Crippen molar-refractivity contribution in [3.63, 3.8) is 0 Å². The van der Waals surface area contributed by atoms with Crippen LogP contribution in [0.1, 0.15) is 0 Å². The van der Waals surface area contributed by atoms with Crippen LogP contribution in [0.4, 0.5) is 13.2 Å². The van der Waals surface area contributed by atoms with Gasteiger partial charge in [-0.25, -0.2) is 4.79 Å². The lowest BCUT2D eigenvalue weighted by Crippen LogP contribution is -2.21. The molecule has 0 unspecified atom stereocenters. The number of rotatable bonds is 3.